The van der Waals surface area contributed by atoms with Gasteiger partial charge in [0.2, 0.25) is 5.91 Å². The predicted molar refractivity (Wildman–Crippen MR) is 66.1 cm³/mol. The van der Waals surface area contributed by atoms with Crippen LogP contribution in [0, 0.1) is 0 Å². The van der Waals surface area contributed by atoms with Crippen LogP contribution in [0.4, 0.5) is 5.69 Å². The molecular formula is C12H15N3O3. The minimum atomic E-state index is -0.384. The van der Waals surface area contributed by atoms with Crippen LogP contribution in [-0.4, -0.2) is 25.5 Å². The zero-order valence-electron chi connectivity index (χ0n) is 10.3. The highest BCUT2D eigenvalue weighted by atomic mass is 16.5. The first-order chi connectivity index (χ1) is 8.54. The molecule has 1 unspecified atom stereocenters. The number of anilines is 1. The number of fused-ring (bicyclic) bond motifs is 1. The Hall–Kier alpha value is -2.08. The lowest BCUT2D eigenvalue weighted by molar-refractivity contribution is -0.122. The van der Waals surface area contributed by atoms with Gasteiger partial charge < -0.3 is 9.64 Å². The Morgan fingerprint density at radius 3 is 2.94 bits per heavy atom. The molecule has 0 aliphatic carbocycles. The normalized spacial score (nSPS) is 15.7. The van der Waals surface area contributed by atoms with Crippen molar-refractivity contribution < 1.29 is 14.3 Å². The Labute approximate surface area is 105 Å². The fourth-order valence-corrected chi connectivity index (χ4v) is 1.83. The number of hydrazine groups is 1. The molecule has 6 nitrogen and oxygen atoms in total. The van der Waals surface area contributed by atoms with Gasteiger partial charge in [-0.3, -0.25) is 15.0 Å². The van der Waals surface area contributed by atoms with Crippen LogP contribution in [-0.2, 0) is 9.59 Å². The van der Waals surface area contributed by atoms with Gasteiger partial charge in [0.05, 0.1) is 11.6 Å². The number of nitrogens with one attached hydrogen (secondary N) is 1. The van der Waals surface area contributed by atoms with Gasteiger partial charge in [-0.15, -0.1) is 0 Å². The highest BCUT2D eigenvalue weighted by Crippen LogP contribution is 2.33. The molecule has 1 aromatic carbocycles. The third kappa shape index (κ3) is 2.02. The van der Waals surface area contributed by atoms with Gasteiger partial charge in [0.25, 0.3) is 5.91 Å². The maximum atomic E-state index is 11.5. The summed E-state index contributed by atoms with van der Waals surface area (Å²) in [4.78, 5) is 24.5. The standard InChI is InChI=1S/C12H15N3O3/c1-7(12(17)14-13)8-3-4-10-9(5-8)15(2)11(16)6-18-10/h3-5,7H,6,13H2,1-2H3,(H,14,17). The molecule has 0 aromatic heterocycles. The van der Waals surface area contributed by atoms with Crippen molar-refractivity contribution in [2.45, 2.75) is 12.8 Å². The molecule has 18 heavy (non-hydrogen) atoms. The van der Waals surface area contributed by atoms with E-state index in [1.54, 1.807) is 32.2 Å². The van der Waals surface area contributed by atoms with Crippen molar-refractivity contribution in [1.29, 1.82) is 0 Å². The van der Waals surface area contributed by atoms with E-state index in [4.69, 9.17) is 10.6 Å². The average Bonchev–Trinajstić information content (AvgIpc) is 2.41. The fraction of sp³-hybridized carbons (Fsp3) is 0.333. The second-order valence-electron chi connectivity index (χ2n) is 4.20. The largest absolute Gasteiger partial charge is 0.482 e. The first kappa shape index (κ1) is 12.4. The second kappa shape index (κ2) is 4.66. The quantitative estimate of drug-likeness (QED) is 0.443. The van der Waals surface area contributed by atoms with Crippen molar-refractivity contribution >= 4 is 17.5 Å². The molecule has 2 rings (SSSR count). The summed E-state index contributed by atoms with van der Waals surface area (Å²) in [7, 11) is 1.68. The van der Waals surface area contributed by atoms with Crippen LogP contribution in [0.25, 0.3) is 0 Å². The van der Waals surface area contributed by atoms with E-state index in [0.717, 1.165) is 5.56 Å². The summed E-state index contributed by atoms with van der Waals surface area (Å²) in [6, 6.07) is 5.32. The SMILES string of the molecule is CC(C(=O)NN)c1ccc2c(c1)N(C)C(=O)CO2. The number of amides is 2. The highest BCUT2D eigenvalue weighted by molar-refractivity contribution is 5.97. The molecule has 0 bridgehead atoms. The summed E-state index contributed by atoms with van der Waals surface area (Å²) in [5.74, 6) is 4.97. The molecule has 1 atom stereocenters. The number of carbonyl (C=O) groups excluding carboxylic acids is 2. The van der Waals surface area contributed by atoms with Gasteiger partial charge in [-0.2, -0.15) is 0 Å². The molecule has 1 aliphatic rings. The van der Waals surface area contributed by atoms with Crippen LogP contribution in [0.3, 0.4) is 0 Å². The highest BCUT2D eigenvalue weighted by Gasteiger charge is 2.24. The van der Waals surface area contributed by atoms with E-state index in [2.05, 4.69) is 5.43 Å². The molecule has 0 spiro atoms. The van der Waals surface area contributed by atoms with Gasteiger partial charge in [-0.05, 0) is 24.6 Å². The van der Waals surface area contributed by atoms with Crippen LogP contribution in [0.15, 0.2) is 18.2 Å². The van der Waals surface area contributed by atoms with Gasteiger partial charge in [0, 0.05) is 7.05 Å². The summed E-state index contributed by atoms with van der Waals surface area (Å²) in [6.45, 7) is 1.79. The van der Waals surface area contributed by atoms with E-state index in [1.165, 1.54) is 4.90 Å². The second-order valence-corrected chi connectivity index (χ2v) is 4.20. The van der Waals surface area contributed by atoms with Crippen molar-refractivity contribution in [3.63, 3.8) is 0 Å². The van der Waals surface area contributed by atoms with E-state index >= 15 is 0 Å². The minimum absolute atomic E-state index is 0.0433. The number of carbonyl (C=O) groups is 2. The maximum absolute atomic E-state index is 11.5. The van der Waals surface area contributed by atoms with Crippen LogP contribution in [0.1, 0.15) is 18.4 Å². The predicted octanol–water partition coefficient (Wildman–Crippen LogP) is 0.135. The lowest BCUT2D eigenvalue weighted by atomic mass is 9.99. The molecule has 3 N–H and O–H groups in total. The summed E-state index contributed by atoms with van der Waals surface area (Å²) in [5, 5.41) is 0. The molecule has 1 aromatic rings. The van der Waals surface area contributed by atoms with Gasteiger partial charge >= 0.3 is 0 Å². The van der Waals surface area contributed by atoms with E-state index in [1.807, 2.05) is 0 Å². The number of hydrogen-bond donors (Lipinski definition) is 2. The molecule has 6 heteroatoms. The number of hydrogen-bond acceptors (Lipinski definition) is 4. The molecule has 1 aliphatic heterocycles. The number of nitrogens with zero attached hydrogens (tertiary/aromatic N) is 1. The molecule has 0 saturated carbocycles. The monoisotopic (exact) mass is 249 g/mol. The number of likely N-dealkylation sites (N-methyl/N-ethyl adjacent to an activating group) is 1. The Kier molecular flexibility index (Phi) is 3.20. The van der Waals surface area contributed by atoms with Crippen LogP contribution < -0.4 is 20.9 Å². The molecular weight excluding hydrogens is 234 g/mol. The molecule has 2 amide bonds. The van der Waals surface area contributed by atoms with Crippen molar-refractivity contribution in [3.05, 3.63) is 23.8 Å². The minimum Gasteiger partial charge on any atom is -0.482 e. The molecule has 1 heterocycles. The average molecular weight is 249 g/mol. The van der Waals surface area contributed by atoms with E-state index < -0.39 is 0 Å². The van der Waals surface area contributed by atoms with Crippen molar-refractivity contribution in [3.8, 4) is 5.75 Å². The Bertz CT molecular complexity index is 501. The lowest BCUT2D eigenvalue weighted by Crippen LogP contribution is -2.36. The molecule has 0 radical (unpaired) electrons. The van der Waals surface area contributed by atoms with Crippen molar-refractivity contribution in [2.24, 2.45) is 5.84 Å². The van der Waals surface area contributed by atoms with Crippen molar-refractivity contribution in [2.75, 3.05) is 18.6 Å². The fourth-order valence-electron chi connectivity index (χ4n) is 1.83. The van der Waals surface area contributed by atoms with Gasteiger partial charge in [-0.1, -0.05) is 6.07 Å². The third-order valence-electron chi connectivity index (χ3n) is 3.11. The first-order valence-corrected chi connectivity index (χ1v) is 5.58. The Morgan fingerprint density at radius 2 is 2.28 bits per heavy atom. The number of nitrogens with two attached hydrogens (primary N) is 1. The van der Waals surface area contributed by atoms with Crippen LogP contribution in [0.5, 0.6) is 5.75 Å². The smallest absolute Gasteiger partial charge is 0.264 e. The zero-order valence-corrected chi connectivity index (χ0v) is 10.3. The van der Waals surface area contributed by atoms with Crippen LogP contribution >= 0.6 is 0 Å². The van der Waals surface area contributed by atoms with Crippen LogP contribution in [0.2, 0.25) is 0 Å². The zero-order chi connectivity index (χ0) is 13.3. The lowest BCUT2D eigenvalue weighted by Gasteiger charge is -2.27. The molecule has 0 saturated heterocycles. The van der Waals surface area contributed by atoms with Gasteiger partial charge in [0.15, 0.2) is 6.61 Å². The summed E-state index contributed by atoms with van der Waals surface area (Å²) in [5.41, 5.74) is 3.56. The Morgan fingerprint density at radius 1 is 1.56 bits per heavy atom. The maximum Gasteiger partial charge on any atom is 0.264 e. The number of rotatable bonds is 2. The molecule has 0 fully saturated rings. The Balaban J connectivity index is 2.37. The number of ether oxygens (including phenoxy) is 1. The van der Waals surface area contributed by atoms with E-state index in [0.29, 0.717) is 11.4 Å². The summed E-state index contributed by atoms with van der Waals surface area (Å²) in [6.07, 6.45) is 0. The van der Waals surface area contributed by atoms with E-state index in [-0.39, 0.29) is 24.3 Å². The summed E-state index contributed by atoms with van der Waals surface area (Å²) < 4.78 is 5.31. The first-order valence-electron chi connectivity index (χ1n) is 5.58. The number of benzene rings is 1. The topological polar surface area (TPSA) is 84.7 Å². The van der Waals surface area contributed by atoms with Gasteiger partial charge in [-0.25, -0.2) is 5.84 Å². The molecule has 96 valence electrons. The third-order valence-corrected chi connectivity index (χ3v) is 3.11. The van der Waals surface area contributed by atoms with Crippen molar-refractivity contribution in [1.82, 2.24) is 5.43 Å². The van der Waals surface area contributed by atoms with E-state index in [9.17, 15) is 9.59 Å². The van der Waals surface area contributed by atoms with Gasteiger partial charge in [0.1, 0.15) is 5.75 Å². The summed E-state index contributed by atoms with van der Waals surface area (Å²) >= 11 is 0.